The van der Waals surface area contributed by atoms with Crippen molar-refractivity contribution in [2.45, 2.75) is 24.1 Å². The Labute approximate surface area is 178 Å². The van der Waals surface area contributed by atoms with Crippen molar-refractivity contribution in [1.29, 1.82) is 0 Å². The second kappa shape index (κ2) is 8.59. The highest BCUT2D eigenvalue weighted by Gasteiger charge is 2.20. The molecule has 0 aliphatic rings. The third-order valence-electron chi connectivity index (χ3n) is 4.58. The van der Waals surface area contributed by atoms with E-state index in [1.165, 1.54) is 11.8 Å². The number of methoxy groups -OCH3 is 1. The largest absolute Gasteiger partial charge is 0.495 e. The zero-order chi connectivity index (χ0) is 21.1. The van der Waals surface area contributed by atoms with Crippen molar-refractivity contribution in [3.05, 3.63) is 66.4 Å². The fraction of sp³-hybridized carbons (Fsp3) is 0.174. The van der Waals surface area contributed by atoms with Gasteiger partial charge in [-0.3, -0.25) is 4.79 Å². The van der Waals surface area contributed by atoms with E-state index in [2.05, 4.69) is 15.3 Å². The minimum atomic E-state index is -0.391. The van der Waals surface area contributed by atoms with Crippen LogP contribution in [0.15, 0.2) is 70.3 Å². The molecule has 0 bridgehead atoms. The van der Waals surface area contributed by atoms with Crippen LogP contribution in [0.5, 0.6) is 5.75 Å². The standard InChI is InChI=1S/C23H21N3O3S/c1-14-10-11-19(28-3)18(13-14)25-22(27)15(2)30-23-16-7-4-5-8-17(16)24-21(26-23)20-9-6-12-29-20/h4-13,15H,1-3H3,(H,25,27). The number of amides is 1. The number of aryl methyl sites for hydroxylation is 1. The van der Waals surface area contributed by atoms with Gasteiger partial charge in [0.15, 0.2) is 11.6 Å². The van der Waals surface area contributed by atoms with Gasteiger partial charge in [0.05, 0.1) is 29.8 Å². The van der Waals surface area contributed by atoms with Crippen LogP contribution >= 0.6 is 11.8 Å². The maximum Gasteiger partial charge on any atom is 0.237 e. The Morgan fingerprint density at radius 2 is 1.97 bits per heavy atom. The molecular formula is C23H21N3O3S. The summed E-state index contributed by atoms with van der Waals surface area (Å²) in [7, 11) is 1.59. The van der Waals surface area contributed by atoms with E-state index < -0.39 is 5.25 Å². The Balaban J connectivity index is 1.62. The third-order valence-corrected chi connectivity index (χ3v) is 5.68. The summed E-state index contributed by atoms with van der Waals surface area (Å²) in [5, 5.41) is 4.20. The maximum absolute atomic E-state index is 12.9. The van der Waals surface area contributed by atoms with Gasteiger partial charge in [0.1, 0.15) is 10.8 Å². The van der Waals surface area contributed by atoms with Crippen molar-refractivity contribution in [2.75, 3.05) is 12.4 Å². The van der Waals surface area contributed by atoms with E-state index >= 15 is 0 Å². The summed E-state index contributed by atoms with van der Waals surface area (Å²) in [4.78, 5) is 22.2. The lowest BCUT2D eigenvalue weighted by Gasteiger charge is -2.15. The zero-order valence-electron chi connectivity index (χ0n) is 16.9. The van der Waals surface area contributed by atoms with Crippen LogP contribution in [-0.4, -0.2) is 28.2 Å². The second-order valence-corrected chi connectivity index (χ2v) is 8.13. The molecule has 0 saturated heterocycles. The average molecular weight is 420 g/mol. The number of hydrogen-bond acceptors (Lipinski definition) is 6. The molecule has 0 aliphatic carbocycles. The van der Waals surface area contributed by atoms with Crippen molar-refractivity contribution in [2.24, 2.45) is 0 Å². The number of para-hydroxylation sites is 1. The Morgan fingerprint density at radius 1 is 1.13 bits per heavy atom. The van der Waals surface area contributed by atoms with Gasteiger partial charge in [-0.1, -0.05) is 36.0 Å². The number of fused-ring (bicyclic) bond motifs is 1. The lowest BCUT2D eigenvalue weighted by molar-refractivity contribution is -0.115. The van der Waals surface area contributed by atoms with E-state index in [1.54, 1.807) is 19.4 Å². The Kier molecular flexibility index (Phi) is 5.72. The van der Waals surface area contributed by atoms with Crippen LogP contribution in [0.3, 0.4) is 0 Å². The van der Waals surface area contributed by atoms with Gasteiger partial charge < -0.3 is 14.5 Å². The molecular weight excluding hydrogens is 398 g/mol. The molecule has 0 fully saturated rings. The Morgan fingerprint density at radius 3 is 2.73 bits per heavy atom. The van der Waals surface area contributed by atoms with Crippen molar-refractivity contribution >= 4 is 34.3 Å². The minimum Gasteiger partial charge on any atom is -0.495 e. The maximum atomic E-state index is 12.9. The van der Waals surface area contributed by atoms with Crippen LogP contribution in [-0.2, 0) is 4.79 Å². The summed E-state index contributed by atoms with van der Waals surface area (Å²) in [6.07, 6.45) is 1.59. The van der Waals surface area contributed by atoms with E-state index in [-0.39, 0.29) is 5.91 Å². The minimum absolute atomic E-state index is 0.133. The lowest BCUT2D eigenvalue weighted by Crippen LogP contribution is -2.23. The predicted octanol–water partition coefficient (Wildman–Crippen LogP) is 5.33. The summed E-state index contributed by atoms with van der Waals surface area (Å²) in [6, 6.07) is 17.0. The molecule has 0 spiro atoms. The van der Waals surface area contributed by atoms with Gasteiger partial charge >= 0.3 is 0 Å². The SMILES string of the molecule is COc1ccc(C)cc1NC(=O)C(C)Sc1nc(-c2ccco2)nc2ccccc12. The van der Waals surface area contributed by atoms with Gasteiger partial charge in [-0.25, -0.2) is 9.97 Å². The summed E-state index contributed by atoms with van der Waals surface area (Å²) in [5.74, 6) is 1.57. The number of carbonyl (C=O) groups excluding carboxylic acids is 1. The first kappa shape index (κ1) is 20.0. The van der Waals surface area contributed by atoms with Gasteiger partial charge in [0.25, 0.3) is 0 Å². The highest BCUT2D eigenvalue weighted by molar-refractivity contribution is 8.00. The predicted molar refractivity (Wildman–Crippen MR) is 119 cm³/mol. The van der Waals surface area contributed by atoms with E-state index in [0.29, 0.717) is 23.0 Å². The highest BCUT2D eigenvalue weighted by Crippen LogP contribution is 2.32. The van der Waals surface area contributed by atoms with Gasteiger partial charge in [0.2, 0.25) is 5.91 Å². The topological polar surface area (TPSA) is 77.2 Å². The molecule has 7 heteroatoms. The van der Waals surface area contributed by atoms with Crippen LogP contribution in [0, 0.1) is 6.92 Å². The number of aromatic nitrogens is 2. The first-order chi connectivity index (χ1) is 14.5. The molecule has 4 rings (SSSR count). The van der Waals surface area contributed by atoms with Crippen LogP contribution in [0.25, 0.3) is 22.5 Å². The molecule has 2 heterocycles. The lowest BCUT2D eigenvalue weighted by atomic mass is 10.2. The van der Waals surface area contributed by atoms with Crippen molar-refractivity contribution in [1.82, 2.24) is 9.97 Å². The van der Waals surface area contributed by atoms with Crippen LogP contribution in [0.4, 0.5) is 5.69 Å². The second-order valence-electron chi connectivity index (χ2n) is 6.80. The smallest absolute Gasteiger partial charge is 0.237 e. The highest BCUT2D eigenvalue weighted by atomic mass is 32.2. The van der Waals surface area contributed by atoms with E-state index in [9.17, 15) is 4.79 Å². The van der Waals surface area contributed by atoms with E-state index in [4.69, 9.17) is 9.15 Å². The molecule has 30 heavy (non-hydrogen) atoms. The molecule has 0 aliphatic heterocycles. The van der Waals surface area contributed by atoms with E-state index in [1.807, 2.05) is 62.4 Å². The molecule has 4 aromatic rings. The fourth-order valence-electron chi connectivity index (χ4n) is 3.03. The average Bonchev–Trinajstić information content (AvgIpc) is 3.29. The van der Waals surface area contributed by atoms with Crippen LogP contribution < -0.4 is 10.1 Å². The van der Waals surface area contributed by atoms with Gasteiger partial charge in [-0.15, -0.1) is 0 Å². The quantitative estimate of drug-likeness (QED) is 0.336. The number of carbonyl (C=O) groups is 1. The third kappa shape index (κ3) is 4.16. The molecule has 1 atom stereocenters. The van der Waals surface area contributed by atoms with Gasteiger partial charge in [0, 0.05) is 5.39 Å². The number of nitrogens with one attached hydrogen (secondary N) is 1. The van der Waals surface area contributed by atoms with Crippen LogP contribution in [0.2, 0.25) is 0 Å². The Bertz CT molecular complexity index is 1190. The summed E-state index contributed by atoms with van der Waals surface area (Å²) in [6.45, 7) is 3.82. The summed E-state index contributed by atoms with van der Waals surface area (Å²) >= 11 is 1.38. The number of ether oxygens (including phenoxy) is 1. The number of anilines is 1. The molecule has 1 N–H and O–H groups in total. The molecule has 2 aromatic carbocycles. The number of thioether (sulfide) groups is 1. The zero-order valence-corrected chi connectivity index (χ0v) is 17.7. The summed E-state index contributed by atoms with van der Waals surface area (Å²) in [5.41, 5.74) is 2.49. The van der Waals surface area contributed by atoms with Crippen LogP contribution in [0.1, 0.15) is 12.5 Å². The number of nitrogens with zero attached hydrogens (tertiary/aromatic N) is 2. The molecule has 0 radical (unpaired) electrons. The molecule has 152 valence electrons. The van der Waals surface area contributed by atoms with Gasteiger partial charge in [-0.2, -0.15) is 0 Å². The first-order valence-corrected chi connectivity index (χ1v) is 10.4. The molecule has 2 aromatic heterocycles. The number of benzene rings is 2. The Hall–Kier alpha value is -3.32. The number of furan rings is 1. The van der Waals surface area contributed by atoms with Gasteiger partial charge in [-0.05, 0) is 49.7 Å². The first-order valence-electron chi connectivity index (χ1n) is 9.48. The monoisotopic (exact) mass is 419 g/mol. The molecule has 6 nitrogen and oxygen atoms in total. The number of rotatable bonds is 6. The van der Waals surface area contributed by atoms with Crippen molar-refractivity contribution in [3.63, 3.8) is 0 Å². The fourth-order valence-corrected chi connectivity index (χ4v) is 3.97. The number of hydrogen-bond donors (Lipinski definition) is 1. The summed E-state index contributed by atoms with van der Waals surface area (Å²) < 4.78 is 10.8. The normalized spacial score (nSPS) is 12.0. The molecule has 1 amide bonds. The molecule has 0 saturated carbocycles. The van der Waals surface area contributed by atoms with E-state index in [0.717, 1.165) is 21.5 Å². The molecule has 1 unspecified atom stereocenters. The van der Waals surface area contributed by atoms with Crippen molar-refractivity contribution in [3.8, 4) is 17.3 Å². The van der Waals surface area contributed by atoms with Crippen molar-refractivity contribution < 1.29 is 13.9 Å².